The molecular weight excluding hydrogens is 548 g/mol. The average Bonchev–Trinajstić information content (AvgIpc) is 3.20. The Morgan fingerprint density at radius 1 is 0.976 bits per heavy atom. The molecule has 42 heavy (non-hydrogen) atoms. The zero-order valence-corrected chi connectivity index (χ0v) is 22.6. The highest BCUT2D eigenvalue weighted by Gasteiger charge is 2.21. The van der Waals surface area contributed by atoms with Crippen LogP contribution in [0.3, 0.4) is 0 Å². The van der Waals surface area contributed by atoms with E-state index in [0.717, 1.165) is 0 Å². The Kier molecular flexibility index (Phi) is 8.56. The molecule has 14 nitrogen and oxygen atoms in total. The maximum atomic E-state index is 12.9. The second kappa shape index (κ2) is 12.4. The minimum atomic E-state index is -1.11. The second-order valence-electron chi connectivity index (χ2n) is 8.69. The lowest BCUT2D eigenvalue weighted by molar-refractivity contribution is -0.384. The first kappa shape index (κ1) is 28.9. The molecule has 0 saturated carbocycles. The summed E-state index contributed by atoms with van der Waals surface area (Å²) in [6.07, 6.45) is 1.23. The van der Waals surface area contributed by atoms with Crippen molar-refractivity contribution in [3.05, 3.63) is 110 Å². The van der Waals surface area contributed by atoms with Crippen LogP contribution in [0.15, 0.2) is 82.7 Å². The van der Waals surface area contributed by atoms with E-state index < -0.39 is 28.3 Å². The summed E-state index contributed by atoms with van der Waals surface area (Å²) >= 11 is 0. The van der Waals surface area contributed by atoms with Crippen molar-refractivity contribution >= 4 is 35.4 Å². The van der Waals surface area contributed by atoms with E-state index in [-0.39, 0.29) is 28.4 Å². The van der Waals surface area contributed by atoms with Crippen LogP contribution >= 0.6 is 0 Å². The van der Waals surface area contributed by atoms with E-state index in [9.17, 15) is 29.3 Å². The number of non-ortho nitro benzene ring substituents is 1. The number of carbonyl (C=O) groups excluding carboxylic acids is 3. The molecule has 0 fully saturated rings. The summed E-state index contributed by atoms with van der Waals surface area (Å²) in [5.74, 6) is -2.73. The van der Waals surface area contributed by atoms with Crippen LogP contribution in [0.2, 0.25) is 0 Å². The Balaban J connectivity index is 1.39. The molecule has 0 aliphatic heterocycles. The zero-order chi connectivity index (χ0) is 30.4. The van der Waals surface area contributed by atoms with Crippen LogP contribution in [0.25, 0.3) is 5.69 Å². The number of nitro benzene ring substituents is 1. The van der Waals surface area contributed by atoms with Gasteiger partial charge in [-0.1, -0.05) is 18.2 Å². The molecule has 1 aromatic heterocycles. The fraction of sp³-hybridized carbons (Fsp3) is 0.107. The van der Waals surface area contributed by atoms with Crippen molar-refractivity contribution in [2.45, 2.75) is 6.92 Å². The molecule has 0 aliphatic carbocycles. The van der Waals surface area contributed by atoms with Gasteiger partial charge >= 0.3 is 17.8 Å². The lowest BCUT2D eigenvalue weighted by Gasteiger charge is -2.10. The van der Waals surface area contributed by atoms with Gasteiger partial charge in [0, 0.05) is 19.2 Å². The maximum absolute atomic E-state index is 12.9. The van der Waals surface area contributed by atoms with Gasteiger partial charge in [-0.2, -0.15) is 5.10 Å². The normalized spacial score (nSPS) is 10.7. The number of anilines is 1. The van der Waals surface area contributed by atoms with E-state index in [1.807, 2.05) is 6.07 Å². The first-order chi connectivity index (χ1) is 20.1. The number of ether oxygens (including phenoxy) is 2. The third-order valence-electron chi connectivity index (χ3n) is 6.08. The molecule has 0 spiro atoms. The van der Waals surface area contributed by atoms with Crippen molar-refractivity contribution in [2.24, 2.45) is 12.1 Å². The van der Waals surface area contributed by atoms with E-state index in [1.54, 1.807) is 42.9 Å². The van der Waals surface area contributed by atoms with Crippen LogP contribution in [0.4, 0.5) is 11.4 Å². The number of carbonyl (C=O) groups is 3. The van der Waals surface area contributed by atoms with Gasteiger partial charge in [0.25, 0.3) is 11.2 Å². The van der Waals surface area contributed by atoms with Gasteiger partial charge in [0.15, 0.2) is 11.5 Å². The van der Waals surface area contributed by atoms with Crippen LogP contribution in [-0.4, -0.2) is 45.4 Å². The number of amides is 2. The molecule has 0 radical (unpaired) electrons. The van der Waals surface area contributed by atoms with Crippen LogP contribution in [0.1, 0.15) is 21.6 Å². The van der Waals surface area contributed by atoms with E-state index in [1.165, 1.54) is 60.5 Å². The first-order valence-corrected chi connectivity index (χ1v) is 12.2. The number of esters is 1. The predicted octanol–water partition coefficient (Wildman–Crippen LogP) is 2.71. The number of hydrogen-bond donors (Lipinski definition) is 2. The van der Waals surface area contributed by atoms with Crippen molar-refractivity contribution in [1.29, 1.82) is 0 Å². The van der Waals surface area contributed by atoms with E-state index >= 15 is 0 Å². The molecule has 3 aromatic carbocycles. The fourth-order valence-electron chi connectivity index (χ4n) is 3.83. The Morgan fingerprint density at radius 3 is 2.31 bits per heavy atom. The summed E-state index contributed by atoms with van der Waals surface area (Å²) in [6, 6.07) is 18.1. The Labute approximate surface area is 237 Å². The third kappa shape index (κ3) is 6.22. The molecule has 1 heterocycles. The summed E-state index contributed by atoms with van der Waals surface area (Å²) in [5, 5.41) is 16.9. The number of hydrogen-bond acceptors (Lipinski definition) is 9. The smallest absolute Gasteiger partial charge is 0.343 e. The number of nitrogens with zero attached hydrogens (tertiary/aromatic N) is 4. The van der Waals surface area contributed by atoms with E-state index in [4.69, 9.17) is 9.47 Å². The lowest BCUT2D eigenvalue weighted by atomic mass is 10.2. The number of methoxy groups -OCH3 is 1. The number of hydrazone groups is 1. The molecule has 2 N–H and O–H groups in total. The first-order valence-electron chi connectivity index (χ1n) is 12.2. The van der Waals surface area contributed by atoms with Gasteiger partial charge in [0.2, 0.25) is 0 Å². The van der Waals surface area contributed by atoms with Crippen molar-refractivity contribution < 1.29 is 28.8 Å². The number of aromatic nitrogens is 2. The Hall–Kier alpha value is -6.05. The highest BCUT2D eigenvalue weighted by molar-refractivity contribution is 6.39. The van der Waals surface area contributed by atoms with Crippen molar-refractivity contribution in [2.75, 3.05) is 12.4 Å². The van der Waals surface area contributed by atoms with Crippen LogP contribution in [0.5, 0.6) is 11.5 Å². The van der Waals surface area contributed by atoms with Crippen molar-refractivity contribution in [3.8, 4) is 17.2 Å². The zero-order valence-electron chi connectivity index (χ0n) is 22.6. The summed E-state index contributed by atoms with van der Waals surface area (Å²) in [7, 11) is 3.00. The minimum Gasteiger partial charge on any atom is -0.493 e. The monoisotopic (exact) mass is 572 g/mol. The third-order valence-corrected chi connectivity index (χ3v) is 6.08. The highest BCUT2D eigenvalue weighted by Crippen LogP contribution is 2.28. The fourth-order valence-corrected chi connectivity index (χ4v) is 3.83. The standard InChI is InChI=1S/C28H24N6O8/c1-17-24(27(37)33(32(17)2)20-7-5-4-6-8-20)30-25(35)26(36)31-29-16-18-9-14-22(23(15-18)41-3)42-28(38)19-10-12-21(13-11-19)34(39)40/h4-16H,1-3H3,(H,30,35)(H,31,36). The molecule has 0 atom stereocenters. The van der Waals surface area contributed by atoms with Gasteiger partial charge in [0.05, 0.1) is 35.2 Å². The summed E-state index contributed by atoms with van der Waals surface area (Å²) < 4.78 is 13.5. The van der Waals surface area contributed by atoms with Crippen LogP contribution < -0.4 is 25.8 Å². The lowest BCUT2D eigenvalue weighted by Crippen LogP contribution is -2.34. The Bertz CT molecular complexity index is 1760. The van der Waals surface area contributed by atoms with Gasteiger partial charge in [-0.05, 0) is 55.0 Å². The van der Waals surface area contributed by atoms with Crippen LogP contribution in [0, 0.1) is 17.0 Å². The summed E-state index contributed by atoms with van der Waals surface area (Å²) in [4.78, 5) is 60.4. The SMILES string of the molecule is COc1cc(C=NNC(=O)C(=O)Nc2c(C)n(C)n(-c3ccccc3)c2=O)ccc1OC(=O)c1ccc([N+](=O)[O-])cc1. The van der Waals surface area contributed by atoms with Crippen LogP contribution in [-0.2, 0) is 16.6 Å². The minimum absolute atomic E-state index is 0.0471. The molecule has 4 rings (SSSR count). The van der Waals surface area contributed by atoms with Gasteiger partial charge in [0.1, 0.15) is 5.69 Å². The molecule has 214 valence electrons. The topological polar surface area (TPSA) is 176 Å². The largest absolute Gasteiger partial charge is 0.493 e. The predicted molar refractivity (Wildman–Crippen MR) is 151 cm³/mol. The van der Waals surface area contributed by atoms with Gasteiger partial charge in [-0.25, -0.2) is 14.9 Å². The molecule has 4 aromatic rings. The number of benzene rings is 3. The number of nitrogens with one attached hydrogen (secondary N) is 2. The molecule has 14 heteroatoms. The number of nitro groups is 1. The second-order valence-corrected chi connectivity index (χ2v) is 8.69. The maximum Gasteiger partial charge on any atom is 0.343 e. The average molecular weight is 573 g/mol. The molecular formula is C28H24N6O8. The van der Waals surface area contributed by atoms with Crippen molar-refractivity contribution in [3.63, 3.8) is 0 Å². The number of rotatable bonds is 8. The summed E-state index contributed by atoms with van der Waals surface area (Å²) in [5.41, 5.74) is 2.92. The number of para-hydroxylation sites is 1. The molecule has 2 amide bonds. The van der Waals surface area contributed by atoms with Gasteiger partial charge < -0.3 is 14.8 Å². The molecule has 0 aliphatic rings. The van der Waals surface area contributed by atoms with E-state index in [2.05, 4.69) is 15.8 Å². The van der Waals surface area contributed by atoms with Crippen molar-refractivity contribution in [1.82, 2.24) is 14.8 Å². The van der Waals surface area contributed by atoms with Gasteiger partial charge in [-0.3, -0.25) is 29.2 Å². The molecule has 0 unspecified atom stereocenters. The highest BCUT2D eigenvalue weighted by atomic mass is 16.6. The van der Waals surface area contributed by atoms with E-state index in [0.29, 0.717) is 16.9 Å². The van der Waals surface area contributed by atoms with Gasteiger partial charge in [-0.15, -0.1) is 0 Å². The molecule has 0 bridgehead atoms. The quantitative estimate of drug-likeness (QED) is 0.0809. The molecule has 0 saturated heterocycles. The Morgan fingerprint density at radius 2 is 1.67 bits per heavy atom. The summed E-state index contributed by atoms with van der Waals surface area (Å²) in [6.45, 7) is 1.63.